The number of hydrogen-bond donors (Lipinski definition) is 2. The van der Waals surface area contributed by atoms with Crippen LogP contribution in [0, 0.1) is 0 Å². The molecule has 1 aromatic carbocycles. The van der Waals surface area contributed by atoms with E-state index in [4.69, 9.17) is 0 Å². The Hall–Kier alpha value is -3.32. The van der Waals surface area contributed by atoms with E-state index in [1.54, 1.807) is 17.4 Å². The first-order valence-corrected chi connectivity index (χ1v) is 9.09. The average Bonchev–Trinajstić information content (AvgIpc) is 2.66. The van der Waals surface area contributed by atoms with Crippen LogP contribution in [-0.4, -0.2) is 27.1 Å². The van der Waals surface area contributed by atoms with Gasteiger partial charge in [0.2, 0.25) is 0 Å². The lowest BCUT2D eigenvalue weighted by atomic mass is 10.1. The molecule has 27 heavy (non-hydrogen) atoms. The zero-order chi connectivity index (χ0) is 19.0. The molecule has 3 aliphatic rings. The van der Waals surface area contributed by atoms with Crippen molar-refractivity contribution < 1.29 is 19.8 Å². The number of nitrogens with zero attached hydrogens (tertiary/aromatic N) is 2. The molecule has 0 radical (unpaired) electrons. The number of benzene rings is 2. The Morgan fingerprint density at radius 1 is 0.963 bits per heavy atom. The first-order valence-electron chi connectivity index (χ1n) is 8.27. The van der Waals surface area contributed by atoms with E-state index in [-0.39, 0.29) is 16.8 Å². The van der Waals surface area contributed by atoms with Gasteiger partial charge in [-0.15, -0.1) is 11.3 Å². The molecular formula is C20H14N2O4S. The Balaban J connectivity index is 1.87. The van der Waals surface area contributed by atoms with Gasteiger partial charge in [-0.1, -0.05) is 12.2 Å². The van der Waals surface area contributed by atoms with Crippen molar-refractivity contribution in [2.24, 2.45) is 4.99 Å². The largest absolute Gasteiger partial charge is 0.478 e. The fraction of sp³-hybridized carbons (Fsp3) is 0.100. The number of fused-ring (bicyclic) bond motifs is 2. The maximum Gasteiger partial charge on any atom is 0.335 e. The highest BCUT2D eigenvalue weighted by atomic mass is 32.1. The molecule has 0 amide bonds. The van der Waals surface area contributed by atoms with Crippen molar-refractivity contribution in [3.63, 3.8) is 0 Å². The van der Waals surface area contributed by atoms with Gasteiger partial charge in [-0.05, 0) is 49.2 Å². The topological polar surface area (TPSA) is 99.9 Å². The van der Waals surface area contributed by atoms with Gasteiger partial charge in [0.1, 0.15) is 0 Å². The molecular weight excluding hydrogens is 364 g/mol. The Morgan fingerprint density at radius 3 is 2.37 bits per heavy atom. The van der Waals surface area contributed by atoms with Crippen LogP contribution in [0.15, 0.2) is 41.4 Å². The maximum absolute atomic E-state index is 11.2. The molecule has 2 aliphatic carbocycles. The summed E-state index contributed by atoms with van der Waals surface area (Å²) in [6.07, 6.45) is 6.30. The van der Waals surface area contributed by atoms with Crippen molar-refractivity contribution in [2.75, 3.05) is 0 Å². The van der Waals surface area contributed by atoms with Crippen LogP contribution < -0.4 is 15.2 Å². The lowest BCUT2D eigenvalue weighted by molar-refractivity contribution is 0.0696. The monoisotopic (exact) mass is 378 g/mol. The fourth-order valence-electron chi connectivity index (χ4n) is 2.90. The van der Waals surface area contributed by atoms with E-state index in [2.05, 4.69) is 22.1 Å². The normalized spacial score (nSPS) is 13.6. The summed E-state index contributed by atoms with van der Waals surface area (Å²) in [5.41, 5.74) is 0.925. The number of aromatic nitrogens is 1. The van der Waals surface area contributed by atoms with Crippen molar-refractivity contribution in [1.29, 1.82) is 0 Å². The molecule has 0 spiro atoms. The van der Waals surface area contributed by atoms with Gasteiger partial charge in [0.15, 0.2) is 0 Å². The summed E-state index contributed by atoms with van der Waals surface area (Å²) in [6, 6.07) is 9.37. The van der Waals surface area contributed by atoms with Crippen LogP contribution >= 0.6 is 11.3 Å². The smallest absolute Gasteiger partial charge is 0.335 e. The lowest BCUT2D eigenvalue weighted by Gasteiger charge is -2.06. The summed E-state index contributed by atoms with van der Waals surface area (Å²) in [5, 5.41) is 20.0. The van der Waals surface area contributed by atoms with Crippen LogP contribution in [0.3, 0.4) is 0 Å². The van der Waals surface area contributed by atoms with Gasteiger partial charge < -0.3 is 10.2 Å². The molecule has 4 rings (SSSR count). The minimum atomic E-state index is -1.20. The van der Waals surface area contributed by atoms with E-state index in [0.717, 1.165) is 39.4 Å². The van der Waals surface area contributed by atoms with E-state index in [1.165, 1.54) is 12.1 Å². The van der Waals surface area contributed by atoms with Crippen LogP contribution in [0.25, 0.3) is 22.7 Å². The molecule has 1 heterocycles. The van der Waals surface area contributed by atoms with Gasteiger partial charge in [-0.25, -0.2) is 19.6 Å². The van der Waals surface area contributed by atoms with Crippen LogP contribution in [0.2, 0.25) is 0 Å². The Morgan fingerprint density at radius 2 is 1.67 bits per heavy atom. The minimum Gasteiger partial charge on any atom is -0.478 e. The highest BCUT2D eigenvalue weighted by Crippen LogP contribution is 2.20. The number of carbonyl (C=O) groups is 2. The Labute approximate surface area is 157 Å². The van der Waals surface area contributed by atoms with Gasteiger partial charge in [0, 0.05) is 4.53 Å². The summed E-state index contributed by atoms with van der Waals surface area (Å²) in [5.74, 6) is -2.39. The second-order valence-electron chi connectivity index (χ2n) is 6.09. The third-order valence-electron chi connectivity index (χ3n) is 4.16. The Kier molecular flexibility index (Phi) is 4.29. The van der Waals surface area contributed by atoms with E-state index in [9.17, 15) is 19.8 Å². The highest BCUT2D eigenvalue weighted by Gasteiger charge is 2.11. The average molecular weight is 378 g/mol. The number of carboxylic acids is 2. The predicted octanol–water partition coefficient (Wildman–Crippen LogP) is 2.23. The van der Waals surface area contributed by atoms with Gasteiger partial charge in [0.05, 0.1) is 38.1 Å². The molecule has 0 atom stereocenters. The van der Waals surface area contributed by atoms with Crippen LogP contribution in [0.1, 0.15) is 33.6 Å². The minimum absolute atomic E-state index is 0.113. The standard InChI is InChI=1S/C20H14N2O4S/c23-19(24)11-7-12(20(25)26)9-14(8-11)21-13-5-6-16-18(10-13)27-17-4-2-1-3-15(17)22-16/h3-10H,1-2H2,(H,23,24)(H,25,26). The second kappa shape index (κ2) is 6.77. The molecule has 1 aromatic rings. The molecule has 1 aliphatic heterocycles. The summed E-state index contributed by atoms with van der Waals surface area (Å²) >= 11 is 1.63. The van der Waals surface area contributed by atoms with Crippen LogP contribution in [0.5, 0.6) is 0 Å². The molecule has 0 bridgehead atoms. The molecule has 134 valence electrons. The molecule has 0 saturated heterocycles. The molecule has 7 heteroatoms. The van der Waals surface area contributed by atoms with Crippen molar-refractivity contribution in [1.82, 2.24) is 4.98 Å². The number of hydrogen-bond acceptors (Lipinski definition) is 5. The molecule has 0 unspecified atom stereocenters. The molecule has 6 nitrogen and oxygen atoms in total. The summed E-state index contributed by atoms with van der Waals surface area (Å²) in [6.45, 7) is 0. The number of rotatable bonds is 3. The second-order valence-corrected chi connectivity index (χ2v) is 7.18. The van der Waals surface area contributed by atoms with E-state index >= 15 is 0 Å². The van der Waals surface area contributed by atoms with E-state index < -0.39 is 11.9 Å². The van der Waals surface area contributed by atoms with Crippen LogP contribution in [-0.2, 0) is 0 Å². The quantitative estimate of drug-likeness (QED) is 0.728. The van der Waals surface area contributed by atoms with Crippen molar-refractivity contribution >= 4 is 41.1 Å². The molecule has 2 N–H and O–H groups in total. The molecule has 0 aromatic heterocycles. The van der Waals surface area contributed by atoms with Crippen molar-refractivity contribution in [2.45, 2.75) is 12.8 Å². The van der Waals surface area contributed by atoms with Gasteiger partial charge in [-0.2, -0.15) is 0 Å². The van der Waals surface area contributed by atoms with Gasteiger partial charge in [0.25, 0.3) is 0 Å². The van der Waals surface area contributed by atoms with Crippen molar-refractivity contribution in [3.8, 4) is 10.6 Å². The first-order chi connectivity index (χ1) is 13.0. The highest BCUT2D eigenvalue weighted by molar-refractivity contribution is 7.13. The SMILES string of the molecule is O=C(O)c1cc(N=c2ccc3nc4c(sc-3c2)=CCCC=4)cc(C(=O)O)c1. The lowest BCUT2D eigenvalue weighted by Crippen LogP contribution is -2.29. The molecule has 0 fully saturated rings. The third kappa shape index (κ3) is 3.50. The summed E-state index contributed by atoms with van der Waals surface area (Å²) in [7, 11) is 0. The predicted molar refractivity (Wildman–Crippen MR) is 102 cm³/mol. The van der Waals surface area contributed by atoms with E-state index in [0.29, 0.717) is 5.36 Å². The zero-order valence-corrected chi connectivity index (χ0v) is 14.9. The first kappa shape index (κ1) is 17.1. The van der Waals surface area contributed by atoms with Crippen molar-refractivity contribution in [3.05, 3.63) is 62.8 Å². The van der Waals surface area contributed by atoms with E-state index in [1.807, 2.05) is 12.1 Å². The van der Waals surface area contributed by atoms with Crippen LogP contribution in [0.4, 0.5) is 5.69 Å². The zero-order valence-electron chi connectivity index (χ0n) is 14.0. The third-order valence-corrected chi connectivity index (χ3v) is 5.30. The fourth-order valence-corrected chi connectivity index (χ4v) is 3.97. The number of carboxylic acid groups (broad SMARTS) is 2. The van der Waals surface area contributed by atoms with Gasteiger partial charge in [-0.3, -0.25) is 0 Å². The number of aromatic carboxylic acids is 2. The Bertz CT molecular complexity index is 1210. The summed E-state index contributed by atoms with van der Waals surface area (Å²) < 4.78 is 1.13. The van der Waals surface area contributed by atoms with Gasteiger partial charge >= 0.3 is 11.9 Å². The molecule has 0 saturated carbocycles. The maximum atomic E-state index is 11.2. The summed E-state index contributed by atoms with van der Waals surface area (Å²) in [4.78, 5) is 32.5.